The lowest BCUT2D eigenvalue weighted by Gasteiger charge is -2.14. The van der Waals surface area contributed by atoms with Crippen LogP contribution in [0.3, 0.4) is 0 Å². The molecule has 2 rings (SSSR count). The molecule has 19 heavy (non-hydrogen) atoms. The predicted octanol–water partition coefficient (Wildman–Crippen LogP) is 2.28. The molecule has 0 amide bonds. The molecule has 5 heteroatoms. The third kappa shape index (κ3) is 3.79. The third-order valence-corrected chi connectivity index (χ3v) is 2.95. The molecular formula is C14H19N3O2. The van der Waals surface area contributed by atoms with Crippen molar-refractivity contribution >= 4 is 0 Å². The number of aryl methyl sites for hydroxylation is 1. The molecular weight excluding hydrogens is 242 g/mol. The van der Waals surface area contributed by atoms with Gasteiger partial charge in [-0.1, -0.05) is 17.3 Å². The summed E-state index contributed by atoms with van der Waals surface area (Å²) in [5.41, 5.74) is 1.20. The van der Waals surface area contributed by atoms with Gasteiger partial charge in [-0.3, -0.25) is 0 Å². The van der Waals surface area contributed by atoms with Crippen molar-refractivity contribution in [1.82, 2.24) is 15.5 Å². The van der Waals surface area contributed by atoms with Crippen molar-refractivity contribution in [1.29, 1.82) is 0 Å². The number of nitrogens with one attached hydrogen (secondary N) is 1. The van der Waals surface area contributed by atoms with Crippen LogP contribution < -0.4 is 10.1 Å². The fraction of sp³-hybridized carbons (Fsp3) is 0.429. The van der Waals surface area contributed by atoms with E-state index in [4.69, 9.17) is 9.26 Å². The van der Waals surface area contributed by atoms with Crippen LogP contribution in [0.1, 0.15) is 30.2 Å². The second-order valence-corrected chi connectivity index (χ2v) is 4.44. The molecule has 1 aromatic heterocycles. The van der Waals surface area contributed by atoms with Crippen LogP contribution in [-0.2, 0) is 6.42 Å². The molecule has 0 spiro atoms. The van der Waals surface area contributed by atoms with Gasteiger partial charge in [0.05, 0.1) is 7.11 Å². The van der Waals surface area contributed by atoms with Gasteiger partial charge in [-0.2, -0.15) is 4.98 Å². The van der Waals surface area contributed by atoms with Crippen molar-refractivity contribution in [2.75, 3.05) is 13.7 Å². The first-order valence-corrected chi connectivity index (χ1v) is 6.35. The highest BCUT2D eigenvalue weighted by Gasteiger charge is 2.07. The molecule has 1 N–H and O–H groups in total. The Balaban J connectivity index is 1.85. The minimum absolute atomic E-state index is 0.249. The van der Waals surface area contributed by atoms with Crippen molar-refractivity contribution in [2.45, 2.75) is 26.3 Å². The Kier molecular flexibility index (Phi) is 4.52. The quantitative estimate of drug-likeness (QED) is 0.864. The summed E-state index contributed by atoms with van der Waals surface area (Å²) in [5, 5.41) is 7.19. The first-order valence-electron chi connectivity index (χ1n) is 6.35. The van der Waals surface area contributed by atoms with Crippen molar-refractivity contribution in [2.24, 2.45) is 0 Å². The predicted molar refractivity (Wildman–Crippen MR) is 72.2 cm³/mol. The van der Waals surface area contributed by atoms with Crippen molar-refractivity contribution in [3.63, 3.8) is 0 Å². The highest BCUT2D eigenvalue weighted by Crippen LogP contribution is 2.18. The molecule has 0 aliphatic carbocycles. The van der Waals surface area contributed by atoms with Crippen LogP contribution in [0.4, 0.5) is 0 Å². The van der Waals surface area contributed by atoms with Gasteiger partial charge in [-0.25, -0.2) is 0 Å². The van der Waals surface area contributed by atoms with E-state index in [1.165, 1.54) is 5.56 Å². The fourth-order valence-electron chi connectivity index (χ4n) is 1.87. The lowest BCUT2D eigenvalue weighted by atomic mass is 10.1. The Labute approximate surface area is 113 Å². The molecule has 0 aliphatic rings. The van der Waals surface area contributed by atoms with Gasteiger partial charge in [0.15, 0.2) is 5.82 Å². The van der Waals surface area contributed by atoms with Crippen molar-refractivity contribution in [3.05, 3.63) is 41.5 Å². The minimum atomic E-state index is 0.249. The molecule has 5 nitrogen and oxygen atoms in total. The van der Waals surface area contributed by atoms with Crippen LogP contribution in [0.15, 0.2) is 28.8 Å². The van der Waals surface area contributed by atoms with Gasteiger partial charge >= 0.3 is 0 Å². The van der Waals surface area contributed by atoms with Crippen LogP contribution in [0.5, 0.6) is 5.75 Å². The van der Waals surface area contributed by atoms with E-state index < -0.39 is 0 Å². The number of hydrogen-bond acceptors (Lipinski definition) is 5. The number of hydrogen-bond donors (Lipinski definition) is 1. The molecule has 0 aliphatic heterocycles. The van der Waals surface area contributed by atoms with E-state index in [1.54, 1.807) is 7.11 Å². The number of ether oxygens (including phenoxy) is 1. The molecule has 2 aromatic rings. The van der Waals surface area contributed by atoms with Gasteiger partial charge in [0.25, 0.3) is 0 Å². The number of methoxy groups -OCH3 is 1. The maximum absolute atomic E-state index is 5.22. The second-order valence-electron chi connectivity index (χ2n) is 4.44. The lowest BCUT2D eigenvalue weighted by Crippen LogP contribution is -2.21. The van der Waals surface area contributed by atoms with E-state index in [9.17, 15) is 0 Å². The van der Waals surface area contributed by atoms with E-state index >= 15 is 0 Å². The van der Waals surface area contributed by atoms with E-state index in [0.717, 1.165) is 18.7 Å². The van der Waals surface area contributed by atoms with Crippen molar-refractivity contribution < 1.29 is 9.26 Å². The molecule has 1 atom stereocenters. The summed E-state index contributed by atoms with van der Waals surface area (Å²) >= 11 is 0. The Morgan fingerprint density at radius 3 is 2.95 bits per heavy atom. The maximum Gasteiger partial charge on any atom is 0.227 e. The number of rotatable bonds is 6. The van der Waals surface area contributed by atoms with Crippen LogP contribution in [0.2, 0.25) is 0 Å². The number of aromatic nitrogens is 2. The molecule has 102 valence electrons. The van der Waals surface area contributed by atoms with E-state index in [1.807, 2.05) is 25.1 Å². The molecule has 1 aromatic carbocycles. The molecule has 0 radical (unpaired) electrons. The average Bonchev–Trinajstić information content (AvgIpc) is 2.84. The van der Waals surface area contributed by atoms with E-state index in [2.05, 4.69) is 28.4 Å². The zero-order valence-corrected chi connectivity index (χ0v) is 11.5. The van der Waals surface area contributed by atoms with Gasteiger partial charge in [0.2, 0.25) is 5.89 Å². The Bertz CT molecular complexity index is 525. The number of nitrogens with zero attached hydrogens (tertiary/aromatic N) is 2. The largest absolute Gasteiger partial charge is 0.497 e. The minimum Gasteiger partial charge on any atom is -0.497 e. The summed E-state index contributed by atoms with van der Waals surface area (Å²) in [6.45, 7) is 4.73. The normalized spacial score (nSPS) is 12.4. The highest BCUT2D eigenvalue weighted by atomic mass is 16.5. The van der Waals surface area contributed by atoms with Crippen molar-refractivity contribution in [3.8, 4) is 5.75 Å². The Morgan fingerprint density at radius 1 is 1.42 bits per heavy atom. The zero-order chi connectivity index (χ0) is 13.7. The summed E-state index contributed by atoms with van der Waals surface area (Å²) in [6, 6.07) is 8.30. The van der Waals surface area contributed by atoms with Crippen LogP contribution in [0, 0.1) is 6.92 Å². The van der Waals surface area contributed by atoms with Gasteiger partial charge in [0.1, 0.15) is 5.75 Å². The third-order valence-electron chi connectivity index (χ3n) is 2.95. The monoisotopic (exact) mass is 261 g/mol. The van der Waals surface area contributed by atoms with Gasteiger partial charge in [-0.05, 0) is 31.5 Å². The van der Waals surface area contributed by atoms with Crippen LogP contribution >= 0.6 is 0 Å². The number of benzene rings is 1. The second kappa shape index (κ2) is 6.33. The van der Waals surface area contributed by atoms with Crippen LogP contribution in [-0.4, -0.2) is 23.8 Å². The Morgan fingerprint density at radius 2 is 2.26 bits per heavy atom. The SMILES string of the molecule is COc1cccc(C(C)NCCc2nc(C)no2)c1. The standard InChI is InChI=1S/C14H19N3O2/c1-10(12-5-4-6-13(9-12)18-3)15-8-7-14-16-11(2)17-19-14/h4-6,9-10,15H,7-8H2,1-3H3. The van der Waals surface area contributed by atoms with Gasteiger partial charge in [-0.15, -0.1) is 0 Å². The maximum atomic E-state index is 5.22. The first kappa shape index (κ1) is 13.5. The lowest BCUT2D eigenvalue weighted by molar-refractivity contribution is 0.370. The molecule has 1 heterocycles. The molecule has 0 bridgehead atoms. The molecule has 0 fully saturated rings. The fourth-order valence-corrected chi connectivity index (χ4v) is 1.87. The highest BCUT2D eigenvalue weighted by molar-refractivity contribution is 5.30. The molecule has 1 unspecified atom stereocenters. The topological polar surface area (TPSA) is 60.2 Å². The smallest absolute Gasteiger partial charge is 0.227 e. The summed E-state index contributed by atoms with van der Waals surface area (Å²) in [5.74, 6) is 2.22. The molecule has 0 saturated heterocycles. The van der Waals surface area contributed by atoms with E-state index in [0.29, 0.717) is 11.7 Å². The van der Waals surface area contributed by atoms with Gasteiger partial charge in [0, 0.05) is 19.0 Å². The average molecular weight is 261 g/mol. The summed E-state index contributed by atoms with van der Waals surface area (Å²) in [7, 11) is 1.68. The Hall–Kier alpha value is -1.88. The van der Waals surface area contributed by atoms with Crippen LogP contribution in [0.25, 0.3) is 0 Å². The summed E-state index contributed by atoms with van der Waals surface area (Å²) in [4.78, 5) is 4.17. The zero-order valence-electron chi connectivity index (χ0n) is 11.5. The first-order chi connectivity index (χ1) is 9.19. The van der Waals surface area contributed by atoms with Gasteiger partial charge < -0.3 is 14.6 Å². The summed E-state index contributed by atoms with van der Waals surface area (Å²) < 4.78 is 10.3. The summed E-state index contributed by atoms with van der Waals surface area (Å²) in [6.07, 6.45) is 0.731. The van der Waals surface area contributed by atoms with E-state index in [-0.39, 0.29) is 6.04 Å². The molecule has 0 saturated carbocycles.